The molecular formula is C13H25NO. The molecule has 1 N–H and O–H groups in total. The number of hydrogen-bond donors (Lipinski definition) is 1. The van der Waals surface area contributed by atoms with Gasteiger partial charge in [0.05, 0.1) is 5.60 Å². The van der Waals surface area contributed by atoms with E-state index in [0.717, 1.165) is 19.0 Å². The smallest absolute Gasteiger partial charge is 0.0928 e. The van der Waals surface area contributed by atoms with E-state index < -0.39 is 0 Å². The molecule has 0 aromatic heterocycles. The molecule has 2 nitrogen and oxygen atoms in total. The maximum atomic E-state index is 5.68. The molecule has 2 rings (SSSR count). The Morgan fingerprint density at radius 1 is 1.33 bits per heavy atom. The van der Waals surface area contributed by atoms with Crippen molar-refractivity contribution in [3.63, 3.8) is 0 Å². The predicted octanol–water partition coefficient (Wildman–Crippen LogP) is 2.58. The molecule has 1 saturated carbocycles. The lowest BCUT2D eigenvalue weighted by molar-refractivity contribution is -0.0745. The van der Waals surface area contributed by atoms with Crippen LogP contribution in [0, 0.1) is 11.3 Å². The average molecular weight is 211 g/mol. The minimum Gasteiger partial charge on any atom is -0.376 e. The van der Waals surface area contributed by atoms with E-state index in [2.05, 4.69) is 19.2 Å². The Hall–Kier alpha value is -0.0800. The molecule has 0 spiro atoms. The molecule has 1 unspecified atom stereocenters. The summed E-state index contributed by atoms with van der Waals surface area (Å²) < 4.78 is 5.68. The van der Waals surface area contributed by atoms with Gasteiger partial charge in [-0.3, -0.25) is 0 Å². The summed E-state index contributed by atoms with van der Waals surface area (Å²) in [5.41, 5.74) is 0.743. The maximum absolute atomic E-state index is 5.68. The van der Waals surface area contributed by atoms with Gasteiger partial charge < -0.3 is 10.1 Å². The van der Waals surface area contributed by atoms with Crippen LogP contribution in [0.1, 0.15) is 46.0 Å². The first-order valence-corrected chi connectivity index (χ1v) is 6.31. The molecule has 0 aromatic carbocycles. The van der Waals surface area contributed by atoms with Crippen molar-refractivity contribution in [3.8, 4) is 0 Å². The second kappa shape index (κ2) is 4.06. The maximum Gasteiger partial charge on any atom is 0.0928 e. The molecule has 1 atom stereocenters. The number of ether oxygens (including phenoxy) is 1. The van der Waals surface area contributed by atoms with Crippen molar-refractivity contribution in [2.24, 2.45) is 11.3 Å². The first-order valence-electron chi connectivity index (χ1n) is 6.31. The molecule has 2 heteroatoms. The summed E-state index contributed by atoms with van der Waals surface area (Å²) in [6.45, 7) is 6.94. The Bertz CT molecular complexity index is 215. The number of nitrogens with one attached hydrogen (secondary N) is 1. The van der Waals surface area contributed by atoms with Gasteiger partial charge in [-0.2, -0.15) is 0 Å². The van der Waals surface area contributed by atoms with Crippen molar-refractivity contribution in [3.05, 3.63) is 0 Å². The Morgan fingerprint density at radius 2 is 2.07 bits per heavy atom. The van der Waals surface area contributed by atoms with Crippen LogP contribution in [0.15, 0.2) is 0 Å². The molecule has 1 saturated heterocycles. The largest absolute Gasteiger partial charge is 0.376 e. The Morgan fingerprint density at radius 3 is 2.53 bits per heavy atom. The molecule has 0 aromatic rings. The normalized spacial score (nSPS) is 33.4. The molecule has 0 bridgehead atoms. The fourth-order valence-corrected chi connectivity index (χ4v) is 3.33. The highest BCUT2D eigenvalue weighted by atomic mass is 16.5. The van der Waals surface area contributed by atoms with Crippen molar-refractivity contribution in [2.45, 2.75) is 51.6 Å². The molecule has 2 fully saturated rings. The summed E-state index contributed by atoms with van der Waals surface area (Å²) >= 11 is 0. The molecular weight excluding hydrogens is 186 g/mol. The zero-order valence-electron chi connectivity index (χ0n) is 10.4. The summed E-state index contributed by atoms with van der Waals surface area (Å²) in [7, 11) is 1.87. The van der Waals surface area contributed by atoms with E-state index >= 15 is 0 Å². The van der Waals surface area contributed by atoms with E-state index in [0.29, 0.717) is 5.41 Å². The third kappa shape index (κ3) is 2.54. The van der Waals surface area contributed by atoms with Crippen LogP contribution in [0.3, 0.4) is 0 Å². The van der Waals surface area contributed by atoms with Gasteiger partial charge in [0.1, 0.15) is 0 Å². The Kier molecular flexibility index (Phi) is 3.09. The monoisotopic (exact) mass is 211 g/mol. The van der Waals surface area contributed by atoms with E-state index in [4.69, 9.17) is 4.74 Å². The molecule has 15 heavy (non-hydrogen) atoms. The van der Waals surface area contributed by atoms with Gasteiger partial charge in [0.2, 0.25) is 0 Å². The summed E-state index contributed by atoms with van der Waals surface area (Å²) in [5.74, 6) is 0.885. The highest BCUT2D eigenvalue weighted by Gasteiger charge is 2.40. The average Bonchev–Trinajstić information content (AvgIpc) is 2.10. The van der Waals surface area contributed by atoms with Crippen LogP contribution in [-0.4, -0.2) is 25.8 Å². The zero-order valence-corrected chi connectivity index (χ0v) is 10.4. The third-order valence-electron chi connectivity index (χ3n) is 4.30. The van der Waals surface area contributed by atoms with Gasteiger partial charge in [0.15, 0.2) is 0 Å². The lowest BCUT2D eigenvalue weighted by atomic mass is 9.68. The molecule has 88 valence electrons. The van der Waals surface area contributed by atoms with Crippen LogP contribution in [0.2, 0.25) is 0 Å². The molecule has 1 aliphatic carbocycles. The van der Waals surface area contributed by atoms with Crippen LogP contribution in [0.5, 0.6) is 0 Å². The molecule has 1 aliphatic heterocycles. The van der Waals surface area contributed by atoms with Crippen molar-refractivity contribution >= 4 is 0 Å². The first kappa shape index (κ1) is 11.4. The van der Waals surface area contributed by atoms with Gasteiger partial charge in [-0.25, -0.2) is 0 Å². The molecule has 1 heterocycles. The molecule has 0 amide bonds. The fraction of sp³-hybridized carbons (Fsp3) is 1.00. The number of hydrogen-bond acceptors (Lipinski definition) is 2. The standard InChI is InChI=1S/C13H25NO/c1-12(2)6-4-5-11(7-12)8-13(15-3)9-14-10-13/h11,14H,4-10H2,1-3H3. The molecule has 2 aliphatic rings. The van der Waals surface area contributed by atoms with Gasteiger partial charge in [-0.05, 0) is 30.6 Å². The van der Waals surface area contributed by atoms with E-state index in [-0.39, 0.29) is 5.60 Å². The van der Waals surface area contributed by atoms with E-state index in [1.165, 1.54) is 32.1 Å². The van der Waals surface area contributed by atoms with Gasteiger partial charge in [0, 0.05) is 20.2 Å². The topological polar surface area (TPSA) is 21.3 Å². The van der Waals surface area contributed by atoms with Gasteiger partial charge in [-0.15, -0.1) is 0 Å². The summed E-state index contributed by atoms with van der Waals surface area (Å²) in [6.07, 6.45) is 6.87. The fourth-order valence-electron chi connectivity index (χ4n) is 3.33. The SMILES string of the molecule is COC1(CC2CCCC(C)(C)C2)CNC1. The highest BCUT2D eigenvalue weighted by molar-refractivity contribution is 4.97. The van der Waals surface area contributed by atoms with Gasteiger partial charge in [-0.1, -0.05) is 26.7 Å². The minimum absolute atomic E-state index is 0.179. The minimum atomic E-state index is 0.179. The van der Waals surface area contributed by atoms with Crippen LogP contribution in [0.25, 0.3) is 0 Å². The zero-order chi connectivity index (χ0) is 10.9. The number of rotatable bonds is 3. The predicted molar refractivity (Wildman–Crippen MR) is 63.0 cm³/mol. The lowest BCUT2D eigenvalue weighted by Gasteiger charge is -2.46. The van der Waals surface area contributed by atoms with Crippen molar-refractivity contribution in [1.82, 2.24) is 5.32 Å². The van der Waals surface area contributed by atoms with Crippen LogP contribution >= 0.6 is 0 Å². The second-order valence-corrected chi connectivity index (χ2v) is 6.32. The Labute approximate surface area is 93.8 Å². The van der Waals surface area contributed by atoms with Gasteiger partial charge in [0.25, 0.3) is 0 Å². The quantitative estimate of drug-likeness (QED) is 0.774. The highest BCUT2D eigenvalue weighted by Crippen LogP contribution is 2.42. The Balaban J connectivity index is 1.88. The second-order valence-electron chi connectivity index (χ2n) is 6.32. The van der Waals surface area contributed by atoms with E-state index in [9.17, 15) is 0 Å². The summed E-state index contributed by atoms with van der Waals surface area (Å²) in [4.78, 5) is 0. The van der Waals surface area contributed by atoms with Crippen molar-refractivity contribution in [1.29, 1.82) is 0 Å². The van der Waals surface area contributed by atoms with Crippen LogP contribution < -0.4 is 5.32 Å². The van der Waals surface area contributed by atoms with Gasteiger partial charge >= 0.3 is 0 Å². The van der Waals surface area contributed by atoms with Crippen LogP contribution in [0.4, 0.5) is 0 Å². The lowest BCUT2D eigenvalue weighted by Crippen LogP contribution is -2.61. The molecule has 0 radical (unpaired) electrons. The summed E-state index contributed by atoms with van der Waals surface area (Å²) in [6, 6.07) is 0. The van der Waals surface area contributed by atoms with E-state index in [1.807, 2.05) is 7.11 Å². The van der Waals surface area contributed by atoms with Crippen molar-refractivity contribution in [2.75, 3.05) is 20.2 Å². The summed E-state index contributed by atoms with van der Waals surface area (Å²) in [5, 5.41) is 3.34. The van der Waals surface area contributed by atoms with Crippen LogP contribution in [-0.2, 0) is 4.74 Å². The van der Waals surface area contributed by atoms with Crippen molar-refractivity contribution < 1.29 is 4.74 Å². The third-order valence-corrected chi connectivity index (χ3v) is 4.30. The van der Waals surface area contributed by atoms with E-state index in [1.54, 1.807) is 0 Å². The first-order chi connectivity index (χ1) is 7.05. The number of methoxy groups -OCH3 is 1.